The average Bonchev–Trinajstić information content (AvgIpc) is 2.48. The molecule has 2 atom stereocenters. The Morgan fingerprint density at radius 3 is 2.13 bits per heavy atom. The van der Waals surface area contributed by atoms with Gasteiger partial charge in [-0.05, 0) is 25.7 Å². The van der Waals surface area contributed by atoms with Crippen molar-refractivity contribution in [3.63, 3.8) is 0 Å². The van der Waals surface area contributed by atoms with E-state index >= 15 is 0 Å². The van der Waals surface area contributed by atoms with Crippen LogP contribution >= 0.6 is 0 Å². The highest BCUT2D eigenvalue weighted by molar-refractivity contribution is 5.88. The van der Waals surface area contributed by atoms with E-state index in [2.05, 4.69) is 5.32 Å². The molecule has 0 saturated heterocycles. The molecule has 0 aromatic rings. The van der Waals surface area contributed by atoms with Crippen molar-refractivity contribution in [3.05, 3.63) is 11.6 Å². The van der Waals surface area contributed by atoms with Gasteiger partial charge in [-0.15, -0.1) is 0 Å². The first-order chi connectivity index (χ1) is 10.7. The molecule has 0 unspecified atom stereocenters. The van der Waals surface area contributed by atoms with Gasteiger partial charge in [0.05, 0.1) is 12.6 Å². The van der Waals surface area contributed by atoms with Crippen molar-refractivity contribution >= 4 is 18.3 Å². The summed E-state index contributed by atoms with van der Waals surface area (Å²) in [5, 5.41) is 2.57. The zero-order valence-electron chi connectivity index (χ0n) is 15.3. The van der Waals surface area contributed by atoms with Gasteiger partial charge in [0.15, 0.2) is 0 Å². The second-order valence-electron chi connectivity index (χ2n) is 6.26. The molecule has 6 nitrogen and oxygen atoms in total. The summed E-state index contributed by atoms with van der Waals surface area (Å²) in [7, 11) is 1.68. The van der Waals surface area contributed by atoms with Crippen LogP contribution in [-0.2, 0) is 19.1 Å². The smallest absolute Gasteiger partial charge is 0.333 e. The SMILES string of the molecule is CCOC(=O)C(C)=C[C@H](C(C)C)N(C)C(=O)[C@@H](NC=O)C(C)C. The Labute approximate surface area is 139 Å². The van der Waals surface area contributed by atoms with Crippen molar-refractivity contribution in [2.75, 3.05) is 13.7 Å². The summed E-state index contributed by atoms with van der Waals surface area (Å²) in [6.45, 7) is 11.4. The molecule has 0 heterocycles. The molecular formula is C17H30N2O4. The fourth-order valence-corrected chi connectivity index (χ4v) is 2.31. The normalized spacial score (nSPS) is 14.4. The molecular weight excluding hydrogens is 296 g/mol. The summed E-state index contributed by atoms with van der Waals surface area (Å²) in [6.07, 6.45) is 2.29. The van der Waals surface area contributed by atoms with Gasteiger partial charge in [-0.25, -0.2) is 4.79 Å². The third-order valence-corrected chi connectivity index (χ3v) is 3.68. The van der Waals surface area contributed by atoms with E-state index < -0.39 is 6.04 Å². The fraction of sp³-hybridized carbons (Fsp3) is 0.706. The van der Waals surface area contributed by atoms with Crippen LogP contribution in [0, 0.1) is 11.8 Å². The van der Waals surface area contributed by atoms with Crippen LogP contribution in [0.25, 0.3) is 0 Å². The maximum atomic E-state index is 12.7. The third kappa shape index (κ3) is 6.42. The summed E-state index contributed by atoms with van der Waals surface area (Å²) in [5.41, 5.74) is 0.467. The zero-order chi connectivity index (χ0) is 18.2. The van der Waals surface area contributed by atoms with Crippen molar-refractivity contribution in [1.82, 2.24) is 10.2 Å². The van der Waals surface area contributed by atoms with Crippen molar-refractivity contribution in [2.45, 2.75) is 53.6 Å². The Hall–Kier alpha value is -1.85. The lowest BCUT2D eigenvalue weighted by Gasteiger charge is -2.33. The van der Waals surface area contributed by atoms with Gasteiger partial charge in [-0.1, -0.05) is 33.8 Å². The molecule has 0 aromatic heterocycles. The fourth-order valence-electron chi connectivity index (χ4n) is 2.31. The van der Waals surface area contributed by atoms with E-state index in [0.717, 1.165) is 0 Å². The van der Waals surface area contributed by atoms with Crippen LogP contribution < -0.4 is 5.32 Å². The Morgan fingerprint density at radius 2 is 1.74 bits per heavy atom. The number of ether oxygens (including phenoxy) is 1. The predicted octanol–water partition coefficient (Wildman–Crippen LogP) is 1.75. The molecule has 0 rings (SSSR count). The molecule has 0 saturated carbocycles. The Balaban J connectivity index is 5.37. The Kier molecular flexibility index (Phi) is 9.22. The van der Waals surface area contributed by atoms with Gasteiger partial charge in [0.25, 0.3) is 0 Å². The number of carbonyl (C=O) groups excluding carboxylic acids is 3. The molecule has 2 amide bonds. The van der Waals surface area contributed by atoms with Crippen LogP contribution in [-0.4, -0.2) is 48.9 Å². The van der Waals surface area contributed by atoms with Crippen LogP contribution in [0.3, 0.4) is 0 Å². The van der Waals surface area contributed by atoms with Gasteiger partial charge in [0.1, 0.15) is 6.04 Å². The zero-order valence-corrected chi connectivity index (χ0v) is 15.3. The third-order valence-electron chi connectivity index (χ3n) is 3.68. The highest BCUT2D eigenvalue weighted by atomic mass is 16.5. The molecule has 6 heteroatoms. The van der Waals surface area contributed by atoms with E-state index in [0.29, 0.717) is 18.6 Å². The highest BCUT2D eigenvalue weighted by Gasteiger charge is 2.29. The van der Waals surface area contributed by atoms with Crippen LogP contribution in [0.1, 0.15) is 41.5 Å². The monoisotopic (exact) mass is 326 g/mol. The first-order valence-electron chi connectivity index (χ1n) is 7.99. The number of hydrogen-bond donors (Lipinski definition) is 1. The van der Waals surface area contributed by atoms with Crippen molar-refractivity contribution in [2.24, 2.45) is 11.8 Å². The lowest BCUT2D eigenvalue weighted by atomic mass is 9.97. The Bertz CT molecular complexity index is 444. The summed E-state index contributed by atoms with van der Waals surface area (Å²) in [4.78, 5) is 36.8. The molecule has 0 aliphatic carbocycles. The van der Waals surface area contributed by atoms with Gasteiger partial charge in [-0.3, -0.25) is 9.59 Å². The van der Waals surface area contributed by atoms with E-state index in [1.165, 1.54) is 0 Å². The summed E-state index contributed by atoms with van der Waals surface area (Å²) in [5.74, 6) is -0.486. The number of rotatable bonds is 9. The van der Waals surface area contributed by atoms with Crippen molar-refractivity contribution in [3.8, 4) is 0 Å². The quantitative estimate of drug-likeness (QED) is 0.398. The van der Waals surface area contributed by atoms with Gasteiger partial charge in [0.2, 0.25) is 12.3 Å². The molecule has 0 aliphatic heterocycles. The molecule has 0 radical (unpaired) electrons. The lowest BCUT2D eigenvalue weighted by molar-refractivity contribution is -0.139. The highest BCUT2D eigenvalue weighted by Crippen LogP contribution is 2.16. The number of hydrogen-bond acceptors (Lipinski definition) is 4. The van der Waals surface area contributed by atoms with Gasteiger partial charge in [0, 0.05) is 12.6 Å². The minimum absolute atomic E-state index is 0.0295. The number of nitrogens with zero attached hydrogens (tertiary/aromatic N) is 1. The summed E-state index contributed by atoms with van der Waals surface area (Å²) < 4.78 is 4.98. The molecule has 0 spiro atoms. The maximum absolute atomic E-state index is 12.7. The number of carbonyl (C=O) groups is 3. The van der Waals surface area contributed by atoms with E-state index in [1.807, 2.05) is 27.7 Å². The molecule has 1 N–H and O–H groups in total. The van der Waals surface area contributed by atoms with E-state index in [-0.39, 0.29) is 29.8 Å². The molecule has 0 aromatic carbocycles. The van der Waals surface area contributed by atoms with E-state index in [4.69, 9.17) is 4.74 Å². The first kappa shape index (κ1) is 21.1. The first-order valence-corrected chi connectivity index (χ1v) is 7.99. The topological polar surface area (TPSA) is 75.7 Å². The predicted molar refractivity (Wildman–Crippen MR) is 89.6 cm³/mol. The number of likely N-dealkylation sites (N-methyl/N-ethyl adjacent to an activating group) is 1. The van der Waals surface area contributed by atoms with Crippen molar-refractivity contribution < 1.29 is 19.1 Å². The van der Waals surface area contributed by atoms with Crippen LogP contribution in [0.2, 0.25) is 0 Å². The van der Waals surface area contributed by atoms with E-state index in [1.54, 1.807) is 31.9 Å². The summed E-state index contributed by atoms with van der Waals surface area (Å²) in [6, 6.07) is -0.850. The number of nitrogens with one attached hydrogen (secondary N) is 1. The summed E-state index contributed by atoms with van der Waals surface area (Å²) >= 11 is 0. The van der Waals surface area contributed by atoms with Gasteiger partial charge < -0.3 is 15.0 Å². The second-order valence-corrected chi connectivity index (χ2v) is 6.26. The van der Waals surface area contributed by atoms with Crippen LogP contribution in [0.5, 0.6) is 0 Å². The Morgan fingerprint density at radius 1 is 1.17 bits per heavy atom. The lowest BCUT2D eigenvalue weighted by Crippen LogP contribution is -2.51. The molecule has 0 bridgehead atoms. The van der Waals surface area contributed by atoms with Gasteiger partial charge >= 0.3 is 5.97 Å². The molecule has 0 fully saturated rings. The minimum Gasteiger partial charge on any atom is -0.463 e. The number of esters is 1. The maximum Gasteiger partial charge on any atom is 0.333 e. The standard InChI is InChI=1S/C17H30N2O4/c1-8-23-17(22)13(6)9-14(11(2)3)19(7)16(21)15(12(4)5)18-10-20/h9-12,14-15H,8H2,1-7H3,(H,18,20)/t14-,15+/m1/s1. The molecule has 132 valence electrons. The number of amides is 2. The largest absolute Gasteiger partial charge is 0.463 e. The van der Waals surface area contributed by atoms with Gasteiger partial charge in [-0.2, -0.15) is 0 Å². The van der Waals surface area contributed by atoms with Crippen LogP contribution in [0.4, 0.5) is 0 Å². The minimum atomic E-state index is -0.588. The average molecular weight is 326 g/mol. The van der Waals surface area contributed by atoms with Crippen LogP contribution in [0.15, 0.2) is 11.6 Å². The molecule has 0 aliphatic rings. The van der Waals surface area contributed by atoms with Crippen molar-refractivity contribution in [1.29, 1.82) is 0 Å². The second kappa shape index (κ2) is 10.0. The van der Waals surface area contributed by atoms with E-state index in [9.17, 15) is 14.4 Å². The molecule has 23 heavy (non-hydrogen) atoms.